The standard InChI is InChI=1S/C9H17ClNO/c10-6-9-7-11(8-12-9)4-2-1-3-5-11/h9H,1-8H2/q+1. The number of hydrogen-bond donors (Lipinski definition) is 0. The second-order valence-corrected chi connectivity index (χ2v) is 4.41. The van der Waals surface area contributed by atoms with Crippen molar-refractivity contribution in [1.82, 2.24) is 0 Å². The van der Waals surface area contributed by atoms with Crippen LogP contribution in [0.5, 0.6) is 0 Å². The molecule has 0 aliphatic carbocycles. The third-order valence-corrected chi connectivity index (χ3v) is 3.46. The van der Waals surface area contributed by atoms with Gasteiger partial charge in [0.05, 0.1) is 19.0 Å². The molecule has 1 atom stereocenters. The Balaban J connectivity index is 1.94. The lowest BCUT2D eigenvalue weighted by molar-refractivity contribution is -0.929. The Kier molecular flexibility index (Phi) is 2.58. The molecule has 2 fully saturated rings. The van der Waals surface area contributed by atoms with E-state index in [2.05, 4.69) is 0 Å². The summed E-state index contributed by atoms with van der Waals surface area (Å²) in [4.78, 5) is 0. The lowest BCUT2D eigenvalue weighted by Gasteiger charge is -2.35. The van der Waals surface area contributed by atoms with Crippen LogP contribution in [0.1, 0.15) is 19.3 Å². The van der Waals surface area contributed by atoms with Crippen LogP contribution in [0.15, 0.2) is 0 Å². The molecule has 1 unspecified atom stereocenters. The molecule has 2 rings (SSSR count). The van der Waals surface area contributed by atoms with Crippen molar-refractivity contribution in [1.29, 1.82) is 0 Å². The van der Waals surface area contributed by atoms with E-state index in [1.807, 2.05) is 0 Å². The molecule has 2 heterocycles. The highest BCUT2D eigenvalue weighted by atomic mass is 35.5. The quantitative estimate of drug-likeness (QED) is 0.451. The minimum absolute atomic E-state index is 0.324. The van der Waals surface area contributed by atoms with E-state index in [-0.39, 0.29) is 0 Å². The lowest BCUT2D eigenvalue weighted by atomic mass is 10.1. The third-order valence-electron chi connectivity index (χ3n) is 3.11. The molecule has 3 heteroatoms. The van der Waals surface area contributed by atoms with E-state index in [9.17, 15) is 0 Å². The molecule has 2 nitrogen and oxygen atoms in total. The fraction of sp³-hybridized carbons (Fsp3) is 1.00. The van der Waals surface area contributed by atoms with Crippen molar-refractivity contribution in [3.05, 3.63) is 0 Å². The first-order chi connectivity index (χ1) is 5.85. The first-order valence-electron chi connectivity index (χ1n) is 4.87. The normalized spacial score (nSPS) is 34.2. The number of halogens is 1. The van der Waals surface area contributed by atoms with Crippen molar-refractivity contribution in [2.75, 3.05) is 32.2 Å². The van der Waals surface area contributed by atoms with Gasteiger partial charge in [-0.15, -0.1) is 11.6 Å². The second-order valence-electron chi connectivity index (χ2n) is 4.10. The lowest BCUT2D eigenvalue weighted by Crippen LogP contribution is -2.50. The van der Waals surface area contributed by atoms with Gasteiger partial charge in [-0.1, -0.05) is 0 Å². The molecule has 2 aliphatic rings. The van der Waals surface area contributed by atoms with Gasteiger partial charge in [0.25, 0.3) is 0 Å². The van der Waals surface area contributed by atoms with Gasteiger partial charge in [-0.3, -0.25) is 4.48 Å². The summed E-state index contributed by atoms with van der Waals surface area (Å²) in [6, 6.07) is 0. The van der Waals surface area contributed by atoms with Crippen LogP contribution >= 0.6 is 11.6 Å². The summed E-state index contributed by atoms with van der Waals surface area (Å²) >= 11 is 5.78. The van der Waals surface area contributed by atoms with Crippen LogP contribution in [0.2, 0.25) is 0 Å². The van der Waals surface area contributed by atoms with E-state index >= 15 is 0 Å². The number of ether oxygens (including phenoxy) is 1. The van der Waals surface area contributed by atoms with Gasteiger partial charge < -0.3 is 4.74 Å². The van der Waals surface area contributed by atoms with Crippen LogP contribution in [0.3, 0.4) is 0 Å². The molecule has 0 bridgehead atoms. The maximum atomic E-state index is 5.78. The molecule has 0 radical (unpaired) electrons. The summed E-state index contributed by atoms with van der Waals surface area (Å²) in [6.07, 6.45) is 4.48. The van der Waals surface area contributed by atoms with Gasteiger partial charge in [-0.2, -0.15) is 0 Å². The number of rotatable bonds is 1. The molecular weight excluding hydrogens is 174 g/mol. The van der Waals surface area contributed by atoms with Gasteiger partial charge in [0.1, 0.15) is 12.6 Å². The minimum Gasteiger partial charge on any atom is -0.321 e. The summed E-state index contributed by atoms with van der Waals surface area (Å²) in [5.74, 6) is 0.667. The highest BCUT2D eigenvalue weighted by Gasteiger charge is 2.39. The van der Waals surface area contributed by atoms with Crippen LogP contribution in [0.25, 0.3) is 0 Å². The maximum Gasteiger partial charge on any atom is 0.183 e. The average Bonchev–Trinajstić information content (AvgIpc) is 2.50. The van der Waals surface area contributed by atoms with Crippen molar-refractivity contribution in [3.63, 3.8) is 0 Å². The average molecular weight is 191 g/mol. The molecule has 0 N–H and O–H groups in total. The fourth-order valence-electron chi connectivity index (χ4n) is 2.39. The molecule has 0 aromatic rings. The van der Waals surface area contributed by atoms with Gasteiger partial charge in [0, 0.05) is 0 Å². The van der Waals surface area contributed by atoms with Crippen LogP contribution in [0, 0.1) is 0 Å². The Morgan fingerprint density at radius 2 is 2.00 bits per heavy atom. The molecular formula is C9H17ClNO+. The number of alkyl halides is 1. The Labute approximate surface area is 79.0 Å². The van der Waals surface area contributed by atoms with Crippen molar-refractivity contribution < 1.29 is 9.22 Å². The summed E-state index contributed by atoms with van der Waals surface area (Å²) in [5, 5.41) is 0. The number of nitrogens with zero attached hydrogens (tertiary/aromatic N) is 1. The highest BCUT2D eigenvalue weighted by molar-refractivity contribution is 6.18. The second kappa shape index (κ2) is 3.52. The van der Waals surface area contributed by atoms with Crippen LogP contribution in [-0.2, 0) is 4.74 Å². The van der Waals surface area contributed by atoms with E-state index in [0.29, 0.717) is 12.0 Å². The van der Waals surface area contributed by atoms with Crippen molar-refractivity contribution in [2.24, 2.45) is 0 Å². The van der Waals surface area contributed by atoms with Gasteiger partial charge in [0.2, 0.25) is 0 Å². The summed E-state index contributed by atoms with van der Waals surface area (Å²) in [6.45, 7) is 4.70. The largest absolute Gasteiger partial charge is 0.321 e. The van der Waals surface area contributed by atoms with Gasteiger partial charge in [-0.25, -0.2) is 0 Å². The van der Waals surface area contributed by atoms with Gasteiger partial charge >= 0.3 is 0 Å². The predicted octanol–water partition coefficient (Wildman–Crippen LogP) is 1.58. The van der Waals surface area contributed by atoms with Crippen molar-refractivity contribution in [3.8, 4) is 0 Å². The molecule has 0 aromatic heterocycles. The Morgan fingerprint density at radius 3 is 2.58 bits per heavy atom. The summed E-state index contributed by atoms with van der Waals surface area (Å²) in [7, 11) is 0. The molecule has 70 valence electrons. The van der Waals surface area contributed by atoms with Gasteiger partial charge in [-0.05, 0) is 19.3 Å². The number of piperidine rings is 1. The van der Waals surface area contributed by atoms with E-state index in [1.54, 1.807) is 0 Å². The SMILES string of the molecule is ClCC1C[N+]2(CCCCC2)CO1. The highest BCUT2D eigenvalue weighted by Crippen LogP contribution is 2.25. The zero-order valence-electron chi connectivity index (χ0n) is 7.47. The maximum absolute atomic E-state index is 5.78. The molecule has 0 aromatic carbocycles. The molecule has 2 aliphatic heterocycles. The third kappa shape index (κ3) is 1.61. The van der Waals surface area contributed by atoms with E-state index in [4.69, 9.17) is 16.3 Å². The van der Waals surface area contributed by atoms with Crippen LogP contribution in [-0.4, -0.2) is 42.8 Å². The van der Waals surface area contributed by atoms with E-state index < -0.39 is 0 Å². The van der Waals surface area contributed by atoms with Crippen LogP contribution < -0.4 is 0 Å². The minimum atomic E-state index is 0.324. The summed E-state index contributed by atoms with van der Waals surface area (Å²) < 4.78 is 6.83. The number of hydrogen-bond acceptors (Lipinski definition) is 1. The zero-order valence-corrected chi connectivity index (χ0v) is 8.22. The molecule has 0 saturated carbocycles. The fourth-order valence-corrected chi connectivity index (χ4v) is 2.58. The van der Waals surface area contributed by atoms with Gasteiger partial charge in [0.15, 0.2) is 6.73 Å². The van der Waals surface area contributed by atoms with Crippen LogP contribution in [0.4, 0.5) is 0 Å². The zero-order chi connectivity index (χ0) is 8.44. The summed E-state index contributed by atoms with van der Waals surface area (Å²) in [5.41, 5.74) is 0. The number of quaternary nitrogens is 1. The molecule has 12 heavy (non-hydrogen) atoms. The smallest absolute Gasteiger partial charge is 0.183 e. The van der Waals surface area contributed by atoms with Crippen molar-refractivity contribution >= 4 is 11.6 Å². The van der Waals surface area contributed by atoms with E-state index in [1.165, 1.54) is 36.8 Å². The Morgan fingerprint density at radius 1 is 1.25 bits per heavy atom. The Bertz CT molecular complexity index is 157. The first-order valence-corrected chi connectivity index (χ1v) is 5.41. The topological polar surface area (TPSA) is 9.23 Å². The molecule has 0 amide bonds. The monoisotopic (exact) mass is 190 g/mol. The predicted molar refractivity (Wildman–Crippen MR) is 49.2 cm³/mol. The molecule has 1 spiro atoms. The van der Waals surface area contributed by atoms with Crippen molar-refractivity contribution in [2.45, 2.75) is 25.4 Å². The molecule has 2 saturated heterocycles. The van der Waals surface area contributed by atoms with E-state index in [0.717, 1.165) is 13.3 Å². The Hall–Kier alpha value is 0.210. The first kappa shape index (κ1) is 8.79.